The van der Waals surface area contributed by atoms with Crippen molar-refractivity contribution in [3.8, 4) is 5.75 Å². The molecule has 2 N–H and O–H groups in total. The van der Waals surface area contributed by atoms with Gasteiger partial charge in [0.15, 0.2) is 5.96 Å². The van der Waals surface area contributed by atoms with Gasteiger partial charge >= 0.3 is 0 Å². The molecule has 0 amide bonds. The number of guanidine groups is 1. The van der Waals surface area contributed by atoms with Crippen molar-refractivity contribution in [3.63, 3.8) is 0 Å². The average molecular weight is 361 g/mol. The maximum Gasteiger partial charge on any atom is 0.191 e. The van der Waals surface area contributed by atoms with E-state index in [-0.39, 0.29) is 0 Å². The fraction of sp³-hybridized carbons (Fsp3) is 0.650. The molecule has 2 saturated heterocycles. The molecule has 6 heteroatoms. The van der Waals surface area contributed by atoms with Crippen LogP contribution in [0.15, 0.2) is 29.3 Å². The molecule has 0 bridgehead atoms. The van der Waals surface area contributed by atoms with Gasteiger partial charge in [-0.25, -0.2) is 4.99 Å². The van der Waals surface area contributed by atoms with Gasteiger partial charge in [0.1, 0.15) is 12.4 Å². The SMILES string of the molecule is NC(=NCc1ccccc1OCCN1CCOCC1)N1CCCCCC1. The van der Waals surface area contributed by atoms with E-state index in [2.05, 4.69) is 20.9 Å². The highest BCUT2D eigenvalue weighted by atomic mass is 16.5. The summed E-state index contributed by atoms with van der Waals surface area (Å²) < 4.78 is 11.4. The van der Waals surface area contributed by atoms with Crippen molar-refractivity contribution in [2.75, 3.05) is 52.5 Å². The molecule has 0 aromatic heterocycles. The molecule has 0 saturated carbocycles. The molecule has 0 spiro atoms. The van der Waals surface area contributed by atoms with Crippen LogP contribution in [0.5, 0.6) is 5.75 Å². The summed E-state index contributed by atoms with van der Waals surface area (Å²) in [6.07, 6.45) is 5.00. The summed E-state index contributed by atoms with van der Waals surface area (Å²) in [5.41, 5.74) is 7.32. The van der Waals surface area contributed by atoms with Crippen LogP contribution in [-0.4, -0.2) is 68.3 Å². The number of aliphatic imine (C=N–C) groups is 1. The Bertz CT molecular complexity index is 565. The van der Waals surface area contributed by atoms with E-state index in [0.29, 0.717) is 19.1 Å². The highest BCUT2D eigenvalue weighted by Gasteiger charge is 2.12. The Hall–Kier alpha value is -1.79. The van der Waals surface area contributed by atoms with Crippen molar-refractivity contribution in [1.29, 1.82) is 0 Å². The summed E-state index contributed by atoms with van der Waals surface area (Å²) in [4.78, 5) is 9.23. The summed E-state index contributed by atoms with van der Waals surface area (Å²) in [6.45, 7) is 7.83. The second-order valence-corrected chi connectivity index (χ2v) is 6.99. The van der Waals surface area contributed by atoms with Crippen LogP contribution in [0.1, 0.15) is 31.2 Å². The van der Waals surface area contributed by atoms with E-state index in [1.807, 2.05) is 18.2 Å². The Labute approximate surface area is 157 Å². The molecule has 0 aliphatic carbocycles. The van der Waals surface area contributed by atoms with Gasteiger partial charge in [-0.05, 0) is 18.9 Å². The molecule has 0 atom stereocenters. The van der Waals surface area contributed by atoms with Crippen molar-refractivity contribution in [3.05, 3.63) is 29.8 Å². The number of nitrogens with zero attached hydrogens (tertiary/aromatic N) is 3. The van der Waals surface area contributed by atoms with E-state index in [0.717, 1.165) is 57.3 Å². The van der Waals surface area contributed by atoms with Gasteiger partial charge in [0.05, 0.1) is 19.8 Å². The van der Waals surface area contributed by atoms with Crippen LogP contribution in [0.25, 0.3) is 0 Å². The maximum atomic E-state index is 6.23. The molecule has 2 fully saturated rings. The average Bonchev–Trinajstić information content (AvgIpc) is 2.97. The molecule has 144 valence electrons. The van der Waals surface area contributed by atoms with Crippen LogP contribution in [0.2, 0.25) is 0 Å². The van der Waals surface area contributed by atoms with Crippen LogP contribution >= 0.6 is 0 Å². The van der Waals surface area contributed by atoms with Gasteiger partial charge < -0.3 is 20.1 Å². The molecule has 2 aliphatic heterocycles. The summed E-state index contributed by atoms with van der Waals surface area (Å²) >= 11 is 0. The van der Waals surface area contributed by atoms with Crippen LogP contribution < -0.4 is 10.5 Å². The van der Waals surface area contributed by atoms with E-state index in [1.54, 1.807) is 0 Å². The van der Waals surface area contributed by atoms with Gasteiger partial charge in [0.25, 0.3) is 0 Å². The van der Waals surface area contributed by atoms with Crippen molar-refractivity contribution >= 4 is 5.96 Å². The minimum atomic E-state index is 0.566. The number of hydrogen-bond acceptors (Lipinski definition) is 4. The second kappa shape index (κ2) is 10.4. The molecule has 2 aliphatic rings. The third-order valence-electron chi connectivity index (χ3n) is 5.08. The van der Waals surface area contributed by atoms with Crippen LogP contribution in [0.4, 0.5) is 0 Å². The summed E-state index contributed by atoms with van der Waals surface area (Å²) in [6, 6.07) is 8.13. The first-order valence-electron chi connectivity index (χ1n) is 9.88. The lowest BCUT2D eigenvalue weighted by Gasteiger charge is -2.26. The van der Waals surface area contributed by atoms with Crippen molar-refractivity contribution in [1.82, 2.24) is 9.80 Å². The van der Waals surface area contributed by atoms with E-state index in [9.17, 15) is 0 Å². The van der Waals surface area contributed by atoms with Gasteiger partial charge in [-0.3, -0.25) is 4.90 Å². The van der Waals surface area contributed by atoms with E-state index < -0.39 is 0 Å². The maximum absolute atomic E-state index is 6.23. The minimum Gasteiger partial charge on any atom is -0.492 e. The Balaban J connectivity index is 1.51. The smallest absolute Gasteiger partial charge is 0.191 e. The predicted molar refractivity (Wildman–Crippen MR) is 105 cm³/mol. The quantitative estimate of drug-likeness (QED) is 0.622. The Morgan fingerprint density at radius 1 is 1.04 bits per heavy atom. The molecule has 26 heavy (non-hydrogen) atoms. The number of rotatable bonds is 6. The van der Waals surface area contributed by atoms with E-state index >= 15 is 0 Å². The fourth-order valence-electron chi connectivity index (χ4n) is 3.45. The fourth-order valence-corrected chi connectivity index (χ4v) is 3.45. The lowest BCUT2D eigenvalue weighted by Crippen LogP contribution is -2.38. The summed E-state index contributed by atoms with van der Waals surface area (Å²) in [5.74, 6) is 1.57. The second-order valence-electron chi connectivity index (χ2n) is 6.99. The van der Waals surface area contributed by atoms with E-state index in [1.165, 1.54) is 25.7 Å². The van der Waals surface area contributed by atoms with Crippen molar-refractivity contribution < 1.29 is 9.47 Å². The molecular formula is C20H32N4O2. The number of hydrogen-bond donors (Lipinski definition) is 1. The molecular weight excluding hydrogens is 328 g/mol. The summed E-state index contributed by atoms with van der Waals surface area (Å²) in [5, 5.41) is 0. The first-order chi connectivity index (χ1) is 12.8. The van der Waals surface area contributed by atoms with Crippen LogP contribution in [-0.2, 0) is 11.3 Å². The number of nitrogens with two attached hydrogens (primary N) is 1. The topological polar surface area (TPSA) is 63.3 Å². The Morgan fingerprint density at radius 2 is 1.77 bits per heavy atom. The molecule has 6 nitrogen and oxygen atoms in total. The molecule has 2 heterocycles. The highest BCUT2D eigenvalue weighted by molar-refractivity contribution is 5.78. The Kier molecular flexibility index (Phi) is 7.58. The van der Waals surface area contributed by atoms with E-state index in [4.69, 9.17) is 15.2 Å². The highest BCUT2D eigenvalue weighted by Crippen LogP contribution is 2.19. The van der Waals surface area contributed by atoms with Crippen LogP contribution in [0.3, 0.4) is 0 Å². The zero-order chi connectivity index (χ0) is 18.0. The number of para-hydroxylation sites is 1. The van der Waals surface area contributed by atoms with Gasteiger partial charge in [0.2, 0.25) is 0 Å². The van der Waals surface area contributed by atoms with Gasteiger partial charge in [-0.1, -0.05) is 31.0 Å². The first kappa shape index (κ1) is 19.0. The number of likely N-dealkylation sites (tertiary alicyclic amines) is 1. The lowest BCUT2D eigenvalue weighted by molar-refractivity contribution is 0.0322. The number of morpholine rings is 1. The standard InChI is InChI=1S/C20H32N4O2/c21-20(24-9-5-1-2-6-10-24)22-17-18-7-3-4-8-19(18)26-16-13-23-11-14-25-15-12-23/h3-4,7-8H,1-2,5-6,9-17H2,(H2,21,22). The van der Waals surface area contributed by atoms with Crippen LogP contribution in [0, 0.1) is 0 Å². The van der Waals surface area contributed by atoms with Crippen molar-refractivity contribution in [2.45, 2.75) is 32.2 Å². The van der Waals surface area contributed by atoms with Crippen molar-refractivity contribution in [2.24, 2.45) is 10.7 Å². The largest absolute Gasteiger partial charge is 0.492 e. The lowest BCUT2D eigenvalue weighted by atomic mass is 10.2. The predicted octanol–water partition coefficient (Wildman–Crippen LogP) is 2.09. The first-order valence-corrected chi connectivity index (χ1v) is 9.88. The van der Waals surface area contributed by atoms with Gasteiger partial charge in [-0.15, -0.1) is 0 Å². The zero-order valence-electron chi connectivity index (χ0n) is 15.7. The number of ether oxygens (including phenoxy) is 2. The number of benzene rings is 1. The molecule has 0 radical (unpaired) electrons. The monoisotopic (exact) mass is 360 g/mol. The molecule has 1 aromatic carbocycles. The third kappa shape index (κ3) is 5.88. The minimum absolute atomic E-state index is 0.566. The Morgan fingerprint density at radius 3 is 2.54 bits per heavy atom. The molecule has 1 aromatic rings. The normalized spacial score (nSPS) is 20.0. The van der Waals surface area contributed by atoms with Gasteiger partial charge in [-0.2, -0.15) is 0 Å². The summed E-state index contributed by atoms with van der Waals surface area (Å²) in [7, 11) is 0. The zero-order valence-corrected chi connectivity index (χ0v) is 15.7. The molecule has 0 unspecified atom stereocenters. The molecule has 3 rings (SSSR count). The third-order valence-corrected chi connectivity index (χ3v) is 5.08. The van der Waals surface area contributed by atoms with Gasteiger partial charge in [0, 0.05) is 38.3 Å².